The van der Waals surface area contributed by atoms with E-state index in [2.05, 4.69) is 63.7 Å². The maximum atomic E-state index is 4.69. The first-order valence-electron chi connectivity index (χ1n) is 8.92. The first kappa shape index (κ1) is 16.1. The van der Waals surface area contributed by atoms with E-state index in [-0.39, 0.29) is 0 Å². The molecule has 3 heterocycles. The van der Waals surface area contributed by atoms with Gasteiger partial charge in [0.2, 0.25) is 0 Å². The molecule has 1 fully saturated rings. The molecule has 1 unspecified atom stereocenters. The molecule has 5 heteroatoms. The van der Waals surface area contributed by atoms with Crippen molar-refractivity contribution in [3.63, 3.8) is 0 Å². The number of rotatable bonds is 4. The van der Waals surface area contributed by atoms with Gasteiger partial charge in [-0.05, 0) is 20.3 Å². The number of benzene rings is 1. The molecule has 0 bridgehead atoms. The van der Waals surface area contributed by atoms with Gasteiger partial charge in [0.25, 0.3) is 0 Å². The fourth-order valence-electron chi connectivity index (χ4n) is 3.81. The van der Waals surface area contributed by atoms with E-state index in [0.29, 0.717) is 6.04 Å². The van der Waals surface area contributed by atoms with E-state index in [9.17, 15) is 0 Å². The fourth-order valence-corrected chi connectivity index (χ4v) is 3.81. The third-order valence-electron chi connectivity index (χ3n) is 5.36. The Balaban J connectivity index is 1.54. The highest BCUT2D eigenvalue weighted by molar-refractivity contribution is 5.56. The number of aromatic nitrogens is 4. The van der Waals surface area contributed by atoms with Crippen LogP contribution in [0.25, 0.3) is 11.4 Å². The first-order valence-corrected chi connectivity index (χ1v) is 8.92. The van der Waals surface area contributed by atoms with Crippen molar-refractivity contribution in [1.29, 1.82) is 0 Å². The molecule has 130 valence electrons. The third-order valence-corrected chi connectivity index (χ3v) is 5.36. The number of likely N-dealkylation sites (tertiary alicyclic amines) is 1. The summed E-state index contributed by atoms with van der Waals surface area (Å²) in [6.45, 7) is 7.46. The smallest absolute Gasteiger partial charge is 0.140 e. The molecule has 0 saturated carbocycles. The molecule has 0 N–H and O–H groups in total. The molecule has 0 aliphatic carbocycles. The average Bonchev–Trinajstić information content (AvgIpc) is 3.31. The van der Waals surface area contributed by atoms with Crippen LogP contribution in [0.3, 0.4) is 0 Å². The maximum Gasteiger partial charge on any atom is 0.140 e. The van der Waals surface area contributed by atoms with Crippen molar-refractivity contribution in [2.75, 3.05) is 13.1 Å². The second-order valence-corrected chi connectivity index (χ2v) is 7.02. The van der Waals surface area contributed by atoms with Crippen molar-refractivity contribution >= 4 is 0 Å². The maximum absolute atomic E-state index is 4.69. The van der Waals surface area contributed by atoms with Gasteiger partial charge in [-0.15, -0.1) is 0 Å². The fraction of sp³-hybridized carbons (Fsp3) is 0.400. The highest BCUT2D eigenvalue weighted by Crippen LogP contribution is 2.30. The quantitative estimate of drug-likeness (QED) is 0.734. The summed E-state index contributed by atoms with van der Waals surface area (Å²) in [7, 11) is 2.01. The lowest BCUT2D eigenvalue weighted by Gasteiger charge is -2.19. The van der Waals surface area contributed by atoms with Crippen molar-refractivity contribution in [2.45, 2.75) is 32.9 Å². The number of hydrogen-bond acceptors (Lipinski definition) is 3. The van der Waals surface area contributed by atoms with Crippen molar-refractivity contribution in [3.05, 3.63) is 59.7 Å². The van der Waals surface area contributed by atoms with E-state index in [1.807, 2.05) is 24.1 Å². The van der Waals surface area contributed by atoms with Gasteiger partial charge in [0, 0.05) is 61.4 Å². The molecule has 1 aliphatic rings. The molecule has 2 aromatic heterocycles. The summed E-state index contributed by atoms with van der Waals surface area (Å²) in [5, 5.41) is 4.37. The Morgan fingerprint density at radius 1 is 1.12 bits per heavy atom. The van der Waals surface area contributed by atoms with Gasteiger partial charge in [-0.2, -0.15) is 5.10 Å². The van der Waals surface area contributed by atoms with Crippen LogP contribution >= 0.6 is 0 Å². The summed E-state index contributed by atoms with van der Waals surface area (Å²) in [6, 6.07) is 11.0. The van der Waals surface area contributed by atoms with Gasteiger partial charge < -0.3 is 4.57 Å². The molecule has 0 radical (unpaired) electrons. The van der Waals surface area contributed by atoms with Crippen molar-refractivity contribution in [1.82, 2.24) is 24.2 Å². The van der Waals surface area contributed by atoms with E-state index in [1.54, 1.807) is 0 Å². The molecule has 0 amide bonds. The van der Waals surface area contributed by atoms with E-state index >= 15 is 0 Å². The van der Waals surface area contributed by atoms with Gasteiger partial charge in [0.15, 0.2) is 0 Å². The summed E-state index contributed by atoms with van der Waals surface area (Å²) in [5.41, 5.74) is 5.02. The zero-order chi connectivity index (χ0) is 17.4. The van der Waals surface area contributed by atoms with Gasteiger partial charge in [0.1, 0.15) is 5.82 Å². The summed E-state index contributed by atoms with van der Waals surface area (Å²) >= 11 is 0. The van der Waals surface area contributed by atoms with E-state index in [0.717, 1.165) is 31.9 Å². The number of hydrogen-bond donors (Lipinski definition) is 0. The second-order valence-electron chi connectivity index (χ2n) is 7.02. The zero-order valence-corrected chi connectivity index (χ0v) is 15.2. The Kier molecular flexibility index (Phi) is 4.17. The normalized spacial score (nSPS) is 18.1. The molecule has 3 aromatic rings. The van der Waals surface area contributed by atoms with Gasteiger partial charge in [-0.3, -0.25) is 9.58 Å². The minimum atomic E-state index is 0.481. The molecule has 1 aliphatic heterocycles. The first-order chi connectivity index (χ1) is 12.1. The van der Waals surface area contributed by atoms with E-state index in [1.165, 1.54) is 22.5 Å². The standard InChI is InChI=1S/C20H25N5/c1-15-11-21-20(17-7-5-4-6-8-17)25(15)19-9-10-24(14-19)13-18-12-22-23(3)16(18)2/h4-8,11-12,19H,9-10,13-14H2,1-3H3. The van der Waals surface area contributed by atoms with Crippen LogP contribution in [0.1, 0.15) is 29.4 Å². The van der Waals surface area contributed by atoms with Crippen LogP contribution in [-0.4, -0.2) is 37.3 Å². The number of aryl methyl sites for hydroxylation is 2. The summed E-state index contributed by atoms with van der Waals surface area (Å²) in [4.78, 5) is 7.22. The molecule has 4 rings (SSSR count). The highest BCUT2D eigenvalue weighted by atomic mass is 15.3. The Labute approximate surface area is 148 Å². The lowest BCUT2D eigenvalue weighted by molar-refractivity contribution is 0.315. The zero-order valence-electron chi connectivity index (χ0n) is 15.2. The number of imidazole rings is 1. The monoisotopic (exact) mass is 335 g/mol. The summed E-state index contributed by atoms with van der Waals surface area (Å²) in [6.07, 6.45) is 5.16. The molecule has 5 nitrogen and oxygen atoms in total. The van der Waals surface area contributed by atoms with Crippen molar-refractivity contribution in [2.24, 2.45) is 7.05 Å². The van der Waals surface area contributed by atoms with Crippen molar-refractivity contribution < 1.29 is 0 Å². The molecule has 25 heavy (non-hydrogen) atoms. The summed E-state index contributed by atoms with van der Waals surface area (Å²) in [5.74, 6) is 1.09. The van der Waals surface area contributed by atoms with Crippen molar-refractivity contribution in [3.8, 4) is 11.4 Å². The minimum Gasteiger partial charge on any atom is -0.324 e. The van der Waals surface area contributed by atoms with Crippen LogP contribution in [0, 0.1) is 13.8 Å². The highest BCUT2D eigenvalue weighted by Gasteiger charge is 2.27. The Morgan fingerprint density at radius 2 is 1.92 bits per heavy atom. The Hall–Kier alpha value is -2.40. The van der Waals surface area contributed by atoms with Crippen LogP contribution in [0.2, 0.25) is 0 Å². The largest absolute Gasteiger partial charge is 0.324 e. The predicted molar refractivity (Wildman–Crippen MR) is 99.3 cm³/mol. The van der Waals surface area contributed by atoms with Gasteiger partial charge in [-0.25, -0.2) is 4.98 Å². The molecule has 1 aromatic carbocycles. The van der Waals surface area contributed by atoms with Gasteiger partial charge in [-0.1, -0.05) is 30.3 Å². The molecule has 1 atom stereocenters. The van der Waals surface area contributed by atoms with Crippen LogP contribution < -0.4 is 0 Å². The van der Waals surface area contributed by atoms with Crippen LogP contribution in [0.5, 0.6) is 0 Å². The molecule has 0 spiro atoms. The van der Waals surface area contributed by atoms with Gasteiger partial charge >= 0.3 is 0 Å². The summed E-state index contributed by atoms with van der Waals surface area (Å²) < 4.78 is 4.38. The molecular weight excluding hydrogens is 310 g/mol. The molecule has 1 saturated heterocycles. The predicted octanol–water partition coefficient (Wildman–Crippen LogP) is 3.35. The lowest BCUT2D eigenvalue weighted by Crippen LogP contribution is -2.22. The Bertz CT molecular complexity index is 862. The number of nitrogens with zero attached hydrogens (tertiary/aromatic N) is 5. The SMILES string of the molecule is Cc1c(CN2CCC(n3c(C)cnc3-c3ccccc3)C2)cnn1C. The van der Waals surface area contributed by atoms with Crippen LogP contribution in [-0.2, 0) is 13.6 Å². The topological polar surface area (TPSA) is 38.9 Å². The minimum absolute atomic E-state index is 0.481. The van der Waals surface area contributed by atoms with E-state index in [4.69, 9.17) is 0 Å². The lowest BCUT2D eigenvalue weighted by atomic mass is 10.2. The van der Waals surface area contributed by atoms with E-state index < -0.39 is 0 Å². The average molecular weight is 335 g/mol. The molecular formula is C20H25N5. The third kappa shape index (κ3) is 3.00. The van der Waals surface area contributed by atoms with Gasteiger partial charge in [0.05, 0.1) is 6.20 Å². The Morgan fingerprint density at radius 3 is 2.64 bits per heavy atom. The second kappa shape index (κ2) is 6.48. The van der Waals surface area contributed by atoms with Crippen LogP contribution in [0.4, 0.5) is 0 Å². The van der Waals surface area contributed by atoms with Crippen LogP contribution in [0.15, 0.2) is 42.7 Å².